The molecule has 0 aliphatic heterocycles. The Hall–Kier alpha value is -1.85. The zero-order chi connectivity index (χ0) is 13.0. The minimum Gasteiger partial charge on any atom is -0.398 e. The fourth-order valence-electron chi connectivity index (χ4n) is 2.03. The molecule has 96 valence electrons. The zero-order valence-electron chi connectivity index (χ0n) is 10.1. The van der Waals surface area contributed by atoms with Crippen molar-refractivity contribution >= 4 is 22.3 Å². The van der Waals surface area contributed by atoms with Crippen molar-refractivity contribution < 1.29 is 10.2 Å². The first kappa shape index (κ1) is 12.6. The van der Waals surface area contributed by atoms with Gasteiger partial charge in [-0.15, -0.1) is 0 Å². The van der Waals surface area contributed by atoms with E-state index >= 15 is 0 Å². The third-order valence-electron chi connectivity index (χ3n) is 2.86. The van der Waals surface area contributed by atoms with Crippen LogP contribution in [0.25, 0.3) is 10.9 Å². The highest BCUT2D eigenvalue weighted by atomic mass is 16.3. The Morgan fingerprint density at radius 3 is 2.50 bits per heavy atom. The summed E-state index contributed by atoms with van der Waals surface area (Å²) >= 11 is 0. The van der Waals surface area contributed by atoms with Crippen LogP contribution in [0, 0.1) is 0 Å². The number of nitrogen functional groups attached to an aromatic ring is 1. The highest BCUT2D eigenvalue weighted by Gasteiger charge is 2.11. The van der Waals surface area contributed by atoms with E-state index in [9.17, 15) is 0 Å². The molecular weight excluding hydrogens is 230 g/mol. The third-order valence-corrected chi connectivity index (χ3v) is 2.86. The van der Waals surface area contributed by atoms with E-state index in [2.05, 4.69) is 4.98 Å². The Morgan fingerprint density at radius 2 is 1.83 bits per heavy atom. The molecule has 0 fully saturated rings. The summed E-state index contributed by atoms with van der Waals surface area (Å²) in [6.45, 7) is 0.962. The van der Waals surface area contributed by atoms with Crippen molar-refractivity contribution in [1.82, 2.24) is 4.98 Å². The van der Waals surface area contributed by atoms with Crippen LogP contribution in [-0.2, 0) is 0 Å². The van der Waals surface area contributed by atoms with Gasteiger partial charge in [0.1, 0.15) is 0 Å². The summed E-state index contributed by atoms with van der Waals surface area (Å²) in [6, 6.07) is 7.44. The molecule has 0 unspecified atom stereocenters. The Labute approximate surface area is 105 Å². The molecule has 1 aromatic carbocycles. The maximum atomic E-state index is 9.08. The van der Waals surface area contributed by atoms with Gasteiger partial charge in [0.15, 0.2) is 0 Å². The van der Waals surface area contributed by atoms with Gasteiger partial charge >= 0.3 is 0 Å². The number of hydrogen-bond acceptors (Lipinski definition) is 5. The van der Waals surface area contributed by atoms with E-state index in [0.29, 0.717) is 18.8 Å². The molecule has 0 spiro atoms. The van der Waals surface area contributed by atoms with E-state index < -0.39 is 0 Å². The van der Waals surface area contributed by atoms with Gasteiger partial charge in [-0.1, -0.05) is 0 Å². The second-order valence-electron chi connectivity index (χ2n) is 4.01. The lowest BCUT2D eigenvalue weighted by Crippen LogP contribution is -2.30. The number of aromatic nitrogens is 1. The molecule has 0 aliphatic carbocycles. The lowest BCUT2D eigenvalue weighted by Gasteiger charge is -2.24. The molecule has 1 aromatic heterocycles. The van der Waals surface area contributed by atoms with Crippen molar-refractivity contribution in [2.45, 2.75) is 0 Å². The molecule has 5 heteroatoms. The molecular formula is C13H17N3O2. The highest BCUT2D eigenvalue weighted by molar-refractivity contribution is 5.98. The molecule has 0 bridgehead atoms. The highest BCUT2D eigenvalue weighted by Crippen LogP contribution is 2.28. The van der Waals surface area contributed by atoms with Gasteiger partial charge in [-0.3, -0.25) is 4.98 Å². The predicted octanol–water partition coefficient (Wildman–Crippen LogP) is 0.608. The van der Waals surface area contributed by atoms with E-state index in [-0.39, 0.29) is 13.2 Å². The molecule has 0 amide bonds. The molecule has 0 radical (unpaired) electrons. The largest absolute Gasteiger partial charge is 0.398 e. The van der Waals surface area contributed by atoms with E-state index in [4.69, 9.17) is 15.9 Å². The lowest BCUT2D eigenvalue weighted by molar-refractivity contribution is 0.281. The fourth-order valence-corrected chi connectivity index (χ4v) is 2.03. The van der Waals surface area contributed by atoms with Crippen LogP contribution in [0.4, 0.5) is 11.4 Å². The molecule has 4 N–H and O–H groups in total. The average molecular weight is 247 g/mol. The van der Waals surface area contributed by atoms with Gasteiger partial charge in [-0.2, -0.15) is 0 Å². The standard InChI is InChI=1S/C13H17N3O2/c14-11-3-4-12(16(6-8-17)7-9-18)13-10(11)2-1-5-15-13/h1-5,17-18H,6-9,14H2. The number of nitrogens with zero attached hydrogens (tertiary/aromatic N) is 2. The van der Waals surface area contributed by atoms with Crippen LogP contribution in [-0.4, -0.2) is 41.5 Å². The van der Waals surface area contributed by atoms with Crippen LogP contribution >= 0.6 is 0 Å². The smallest absolute Gasteiger partial charge is 0.0955 e. The van der Waals surface area contributed by atoms with Crippen LogP contribution in [0.5, 0.6) is 0 Å². The molecule has 0 atom stereocenters. The second kappa shape index (κ2) is 5.66. The summed E-state index contributed by atoms with van der Waals surface area (Å²) < 4.78 is 0. The van der Waals surface area contributed by atoms with Crippen LogP contribution in [0.15, 0.2) is 30.5 Å². The number of pyridine rings is 1. The van der Waals surface area contributed by atoms with E-state index in [1.54, 1.807) is 6.20 Å². The van der Waals surface area contributed by atoms with Crippen LogP contribution < -0.4 is 10.6 Å². The quantitative estimate of drug-likeness (QED) is 0.674. The number of aliphatic hydroxyl groups excluding tert-OH is 2. The van der Waals surface area contributed by atoms with Gasteiger partial charge < -0.3 is 20.8 Å². The molecule has 2 aromatic rings. The van der Waals surface area contributed by atoms with Gasteiger partial charge in [0.05, 0.1) is 24.4 Å². The number of rotatable bonds is 5. The van der Waals surface area contributed by atoms with Crippen molar-refractivity contribution in [2.24, 2.45) is 0 Å². The van der Waals surface area contributed by atoms with Gasteiger partial charge in [-0.25, -0.2) is 0 Å². The Kier molecular flexibility index (Phi) is 3.96. The topological polar surface area (TPSA) is 82.6 Å². The predicted molar refractivity (Wildman–Crippen MR) is 72.5 cm³/mol. The molecule has 2 rings (SSSR count). The molecule has 0 saturated carbocycles. The monoisotopic (exact) mass is 247 g/mol. The third kappa shape index (κ3) is 2.37. The van der Waals surface area contributed by atoms with Gasteiger partial charge in [-0.05, 0) is 24.3 Å². The maximum absolute atomic E-state index is 9.08. The lowest BCUT2D eigenvalue weighted by atomic mass is 10.1. The van der Waals surface area contributed by atoms with Gasteiger partial charge in [0, 0.05) is 30.4 Å². The summed E-state index contributed by atoms with van der Waals surface area (Å²) in [4.78, 5) is 6.24. The van der Waals surface area contributed by atoms with Gasteiger partial charge in [0.2, 0.25) is 0 Å². The van der Waals surface area contributed by atoms with Crippen LogP contribution in [0.3, 0.4) is 0 Å². The van der Waals surface area contributed by atoms with Crippen LogP contribution in [0.1, 0.15) is 0 Å². The first-order chi connectivity index (χ1) is 8.77. The average Bonchev–Trinajstić information content (AvgIpc) is 2.39. The van der Waals surface area contributed by atoms with Crippen molar-refractivity contribution in [2.75, 3.05) is 36.9 Å². The van der Waals surface area contributed by atoms with Crippen molar-refractivity contribution in [3.05, 3.63) is 30.5 Å². The number of nitrogens with two attached hydrogens (primary N) is 1. The zero-order valence-corrected chi connectivity index (χ0v) is 10.1. The first-order valence-electron chi connectivity index (χ1n) is 5.88. The summed E-state index contributed by atoms with van der Waals surface area (Å²) in [5.41, 5.74) is 8.26. The van der Waals surface area contributed by atoms with Crippen LogP contribution in [0.2, 0.25) is 0 Å². The minimum atomic E-state index is 0.0265. The number of anilines is 2. The summed E-state index contributed by atoms with van der Waals surface area (Å²) in [5, 5.41) is 19.1. The second-order valence-corrected chi connectivity index (χ2v) is 4.01. The summed E-state index contributed by atoms with van der Waals surface area (Å²) in [6.07, 6.45) is 1.71. The number of aliphatic hydroxyl groups is 2. The number of benzene rings is 1. The minimum absolute atomic E-state index is 0.0265. The Bertz CT molecular complexity index is 525. The molecule has 0 saturated heterocycles. The number of fused-ring (bicyclic) bond motifs is 1. The van der Waals surface area contributed by atoms with E-state index in [0.717, 1.165) is 16.6 Å². The molecule has 0 aliphatic rings. The normalized spacial score (nSPS) is 10.8. The molecule has 18 heavy (non-hydrogen) atoms. The van der Waals surface area contributed by atoms with Crippen molar-refractivity contribution in [3.8, 4) is 0 Å². The van der Waals surface area contributed by atoms with Gasteiger partial charge in [0.25, 0.3) is 0 Å². The Balaban J connectivity index is 2.52. The van der Waals surface area contributed by atoms with E-state index in [1.165, 1.54) is 0 Å². The summed E-state index contributed by atoms with van der Waals surface area (Å²) in [7, 11) is 0. The Morgan fingerprint density at radius 1 is 1.11 bits per heavy atom. The van der Waals surface area contributed by atoms with E-state index in [1.807, 2.05) is 29.2 Å². The van der Waals surface area contributed by atoms with Crippen molar-refractivity contribution in [3.63, 3.8) is 0 Å². The fraction of sp³-hybridized carbons (Fsp3) is 0.308. The first-order valence-corrected chi connectivity index (χ1v) is 5.88. The summed E-state index contributed by atoms with van der Waals surface area (Å²) in [5.74, 6) is 0. The van der Waals surface area contributed by atoms with Crippen molar-refractivity contribution in [1.29, 1.82) is 0 Å². The molecule has 1 heterocycles. The SMILES string of the molecule is Nc1ccc(N(CCO)CCO)c2ncccc12. The number of hydrogen-bond donors (Lipinski definition) is 3. The maximum Gasteiger partial charge on any atom is 0.0955 e. The molecule has 5 nitrogen and oxygen atoms in total.